The number of nitrogen functional groups attached to an aromatic ring is 1. The normalized spacial score (nSPS) is 14.2. The van der Waals surface area contributed by atoms with Crippen LogP contribution in [0, 0.1) is 6.92 Å². The molecule has 0 aliphatic rings. The van der Waals surface area contributed by atoms with E-state index in [4.69, 9.17) is 5.73 Å². The Kier molecular flexibility index (Phi) is 5.23. The van der Waals surface area contributed by atoms with E-state index >= 15 is 0 Å². The maximum Gasteiger partial charge on any atom is 0.241 e. The van der Waals surface area contributed by atoms with E-state index in [0.717, 1.165) is 6.26 Å². The van der Waals surface area contributed by atoms with Crippen molar-refractivity contribution in [3.8, 4) is 0 Å². The summed E-state index contributed by atoms with van der Waals surface area (Å²) in [5.41, 5.74) is 6.50. The molecule has 0 aromatic heterocycles. The fourth-order valence-electron chi connectivity index (χ4n) is 1.77. The summed E-state index contributed by atoms with van der Waals surface area (Å²) in [7, 11) is -7.08. The summed E-state index contributed by atoms with van der Waals surface area (Å²) in [6.07, 6.45) is 1.06. The van der Waals surface area contributed by atoms with Crippen LogP contribution in [0.3, 0.4) is 0 Å². The van der Waals surface area contributed by atoms with Crippen LogP contribution >= 0.6 is 15.9 Å². The van der Waals surface area contributed by atoms with E-state index in [0.29, 0.717) is 15.7 Å². The quantitative estimate of drug-likeness (QED) is 0.737. The zero-order valence-corrected chi connectivity index (χ0v) is 14.6. The second kappa shape index (κ2) is 6.00. The SMILES string of the molecule is Cc1cc(Br)c(N)cc1S(=O)(=O)NC(C)CS(C)(=O)=O. The zero-order chi connectivity index (χ0) is 15.7. The topological polar surface area (TPSA) is 106 Å². The fourth-order valence-corrected chi connectivity index (χ4v) is 4.83. The molecule has 0 heterocycles. The molecule has 1 atom stereocenters. The van der Waals surface area contributed by atoms with E-state index in [1.807, 2.05) is 0 Å². The average molecular weight is 385 g/mol. The van der Waals surface area contributed by atoms with Crippen LogP contribution in [0.5, 0.6) is 0 Å². The molecular formula is C11H17BrN2O4S2. The van der Waals surface area contributed by atoms with Gasteiger partial charge in [-0.1, -0.05) is 0 Å². The van der Waals surface area contributed by atoms with Crippen LogP contribution < -0.4 is 10.5 Å². The molecule has 1 aromatic carbocycles. The predicted molar refractivity (Wildman–Crippen MR) is 82.8 cm³/mol. The first-order chi connectivity index (χ1) is 8.92. The molecule has 0 aliphatic heterocycles. The van der Waals surface area contributed by atoms with Crippen LogP contribution in [-0.4, -0.2) is 34.9 Å². The van der Waals surface area contributed by atoms with E-state index in [-0.39, 0.29) is 10.6 Å². The first-order valence-electron chi connectivity index (χ1n) is 5.68. The minimum atomic E-state index is -3.82. The van der Waals surface area contributed by atoms with Gasteiger partial charge in [-0.25, -0.2) is 21.6 Å². The first kappa shape index (κ1) is 17.4. The van der Waals surface area contributed by atoms with Crippen LogP contribution in [0.2, 0.25) is 0 Å². The van der Waals surface area contributed by atoms with Crippen molar-refractivity contribution < 1.29 is 16.8 Å². The van der Waals surface area contributed by atoms with Gasteiger partial charge < -0.3 is 5.73 Å². The van der Waals surface area contributed by atoms with Gasteiger partial charge in [0, 0.05) is 22.5 Å². The molecule has 0 spiro atoms. The molecule has 0 radical (unpaired) electrons. The van der Waals surface area contributed by atoms with Gasteiger partial charge in [-0.05, 0) is 47.5 Å². The van der Waals surface area contributed by atoms with E-state index in [9.17, 15) is 16.8 Å². The first-order valence-corrected chi connectivity index (χ1v) is 10.0. The third kappa shape index (κ3) is 4.72. The van der Waals surface area contributed by atoms with Crippen molar-refractivity contribution in [3.05, 3.63) is 22.2 Å². The van der Waals surface area contributed by atoms with E-state index in [1.54, 1.807) is 13.0 Å². The number of benzene rings is 1. The lowest BCUT2D eigenvalue weighted by molar-refractivity contribution is 0.564. The van der Waals surface area contributed by atoms with Crippen LogP contribution in [0.25, 0.3) is 0 Å². The van der Waals surface area contributed by atoms with Gasteiger partial charge in [0.1, 0.15) is 9.84 Å². The molecule has 9 heteroatoms. The van der Waals surface area contributed by atoms with E-state index in [2.05, 4.69) is 20.7 Å². The van der Waals surface area contributed by atoms with Gasteiger partial charge >= 0.3 is 0 Å². The van der Waals surface area contributed by atoms with Gasteiger partial charge in [0.2, 0.25) is 10.0 Å². The Labute approximate surface area is 127 Å². The number of rotatable bonds is 5. The molecule has 114 valence electrons. The third-order valence-electron chi connectivity index (χ3n) is 2.49. The van der Waals surface area contributed by atoms with E-state index < -0.39 is 25.9 Å². The fraction of sp³-hybridized carbons (Fsp3) is 0.455. The Balaban J connectivity index is 3.09. The van der Waals surface area contributed by atoms with Gasteiger partial charge in [0.25, 0.3) is 0 Å². The zero-order valence-electron chi connectivity index (χ0n) is 11.3. The van der Waals surface area contributed by atoms with Gasteiger partial charge in [-0.15, -0.1) is 0 Å². The molecule has 0 aliphatic carbocycles. The second-order valence-corrected chi connectivity index (χ2v) is 9.48. The highest BCUT2D eigenvalue weighted by Crippen LogP contribution is 2.26. The molecule has 1 unspecified atom stereocenters. The van der Waals surface area contributed by atoms with Crippen LogP contribution in [0.4, 0.5) is 5.69 Å². The molecular weight excluding hydrogens is 368 g/mol. The summed E-state index contributed by atoms with van der Waals surface area (Å²) in [4.78, 5) is 0.0403. The summed E-state index contributed by atoms with van der Waals surface area (Å²) >= 11 is 3.22. The summed E-state index contributed by atoms with van der Waals surface area (Å²) in [6, 6.07) is 2.22. The Morgan fingerprint density at radius 3 is 2.35 bits per heavy atom. The number of anilines is 1. The molecule has 0 amide bonds. The lowest BCUT2D eigenvalue weighted by atomic mass is 10.2. The van der Waals surface area contributed by atoms with Crippen LogP contribution in [0.15, 0.2) is 21.5 Å². The van der Waals surface area contributed by atoms with Crippen molar-refractivity contribution in [2.24, 2.45) is 0 Å². The summed E-state index contributed by atoms with van der Waals surface area (Å²) in [6.45, 7) is 3.14. The van der Waals surface area contributed by atoms with Crippen molar-refractivity contribution in [1.82, 2.24) is 4.72 Å². The number of aryl methyl sites for hydroxylation is 1. The van der Waals surface area contributed by atoms with Crippen LogP contribution in [-0.2, 0) is 19.9 Å². The molecule has 3 N–H and O–H groups in total. The highest BCUT2D eigenvalue weighted by atomic mass is 79.9. The van der Waals surface area contributed by atoms with E-state index in [1.165, 1.54) is 13.0 Å². The number of nitrogens with one attached hydrogen (secondary N) is 1. The molecule has 1 rings (SSSR count). The minimum absolute atomic E-state index is 0.0403. The van der Waals surface area contributed by atoms with Crippen molar-refractivity contribution in [3.63, 3.8) is 0 Å². The second-order valence-electron chi connectivity index (χ2n) is 4.75. The molecule has 1 aromatic rings. The monoisotopic (exact) mass is 384 g/mol. The van der Waals surface area contributed by atoms with Crippen LogP contribution in [0.1, 0.15) is 12.5 Å². The Hall–Kier alpha value is -0.640. The largest absolute Gasteiger partial charge is 0.398 e. The van der Waals surface area contributed by atoms with Crippen molar-refractivity contribution >= 4 is 41.5 Å². The average Bonchev–Trinajstić information content (AvgIpc) is 2.19. The molecule has 0 saturated heterocycles. The molecule has 20 heavy (non-hydrogen) atoms. The Bertz CT molecular complexity index is 714. The lowest BCUT2D eigenvalue weighted by Gasteiger charge is -2.15. The Morgan fingerprint density at radius 1 is 1.30 bits per heavy atom. The molecule has 0 fully saturated rings. The summed E-state index contributed by atoms with van der Waals surface area (Å²) in [5.74, 6) is -0.267. The number of hydrogen-bond acceptors (Lipinski definition) is 5. The summed E-state index contributed by atoms with van der Waals surface area (Å²) < 4.78 is 49.8. The predicted octanol–water partition coefficient (Wildman–Crippen LogP) is 1.05. The molecule has 6 nitrogen and oxygen atoms in total. The maximum atomic E-state index is 12.2. The van der Waals surface area contributed by atoms with Gasteiger partial charge in [-0.3, -0.25) is 0 Å². The number of halogens is 1. The highest BCUT2D eigenvalue weighted by molar-refractivity contribution is 9.10. The van der Waals surface area contributed by atoms with Gasteiger partial charge in [0.15, 0.2) is 0 Å². The number of nitrogens with two attached hydrogens (primary N) is 1. The lowest BCUT2D eigenvalue weighted by Crippen LogP contribution is -2.37. The number of sulfone groups is 1. The van der Waals surface area contributed by atoms with Gasteiger partial charge in [-0.2, -0.15) is 0 Å². The molecule has 0 bridgehead atoms. The highest BCUT2D eigenvalue weighted by Gasteiger charge is 2.22. The maximum absolute atomic E-state index is 12.2. The number of hydrogen-bond donors (Lipinski definition) is 2. The minimum Gasteiger partial charge on any atom is -0.398 e. The van der Waals surface area contributed by atoms with Crippen molar-refractivity contribution in [1.29, 1.82) is 0 Å². The standard InChI is InChI=1S/C11H17BrN2O4S2/c1-7-4-9(12)10(13)5-11(7)20(17,18)14-8(2)6-19(3,15)16/h4-5,8,14H,6,13H2,1-3H3. The Morgan fingerprint density at radius 2 is 1.85 bits per heavy atom. The smallest absolute Gasteiger partial charge is 0.241 e. The summed E-state index contributed by atoms with van der Waals surface area (Å²) in [5, 5.41) is 0. The molecule has 0 saturated carbocycles. The van der Waals surface area contributed by atoms with Gasteiger partial charge in [0.05, 0.1) is 10.6 Å². The van der Waals surface area contributed by atoms with Crippen molar-refractivity contribution in [2.75, 3.05) is 17.7 Å². The number of sulfonamides is 1. The van der Waals surface area contributed by atoms with Crippen molar-refractivity contribution in [2.45, 2.75) is 24.8 Å². The third-order valence-corrected chi connectivity index (χ3v) is 6.02.